The Hall–Kier alpha value is -1.82. The number of aryl methyl sites for hydroxylation is 2. The molecule has 3 nitrogen and oxygen atoms in total. The average molecular weight is 200 g/mol. The molecule has 3 heteroatoms. The van der Waals surface area contributed by atoms with Gasteiger partial charge in [-0.3, -0.25) is 4.79 Å². The topological polar surface area (TPSA) is 52.9 Å². The number of nitriles is 1. The van der Waals surface area contributed by atoms with E-state index in [0.717, 1.165) is 19.3 Å². The second-order valence-electron chi connectivity index (χ2n) is 3.81. The predicted molar refractivity (Wildman–Crippen MR) is 57.5 cm³/mol. The molecule has 0 unspecified atom stereocenters. The van der Waals surface area contributed by atoms with Crippen LogP contribution < -0.4 is 5.32 Å². The quantitative estimate of drug-likeness (QED) is 0.753. The van der Waals surface area contributed by atoms with Crippen LogP contribution in [0.2, 0.25) is 0 Å². The van der Waals surface area contributed by atoms with Crippen molar-refractivity contribution in [3.05, 3.63) is 28.8 Å². The van der Waals surface area contributed by atoms with Gasteiger partial charge in [-0.25, -0.2) is 0 Å². The number of hydrogen-bond donors (Lipinski definition) is 1. The molecule has 0 atom stereocenters. The monoisotopic (exact) mass is 200 g/mol. The maximum atomic E-state index is 11.0. The first-order chi connectivity index (χ1) is 7.20. The maximum Gasteiger partial charge on any atom is 0.221 e. The molecule has 0 bridgehead atoms. The summed E-state index contributed by atoms with van der Waals surface area (Å²) in [5, 5.41) is 11.7. The Kier molecular flexibility index (Phi) is 2.42. The molecule has 2 rings (SSSR count). The molecule has 0 aliphatic heterocycles. The first-order valence-corrected chi connectivity index (χ1v) is 5.04. The molecule has 76 valence electrons. The first kappa shape index (κ1) is 9.72. The van der Waals surface area contributed by atoms with Gasteiger partial charge in [-0.05, 0) is 42.5 Å². The third kappa shape index (κ3) is 1.84. The van der Waals surface area contributed by atoms with E-state index < -0.39 is 0 Å². The lowest BCUT2D eigenvalue weighted by Gasteiger charge is -2.07. The van der Waals surface area contributed by atoms with Crippen molar-refractivity contribution in [1.29, 1.82) is 5.26 Å². The SMILES string of the molecule is CC(=O)Nc1cc2c(cc1C#N)CCC2. The summed E-state index contributed by atoms with van der Waals surface area (Å²) < 4.78 is 0. The maximum absolute atomic E-state index is 11.0. The number of carbonyl (C=O) groups is 1. The lowest BCUT2D eigenvalue weighted by atomic mass is 10.0. The molecule has 0 fully saturated rings. The van der Waals surface area contributed by atoms with E-state index >= 15 is 0 Å². The number of amides is 1. The van der Waals surface area contributed by atoms with Crippen LogP contribution in [0.5, 0.6) is 0 Å². The molecular weight excluding hydrogens is 188 g/mol. The second kappa shape index (κ2) is 3.74. The van der Waals surface area contributed by atoms with E-state index in [1.807, 2.05) is 12.1 Å². The molecule has 1 N–H and O–H groups in total. The molecule has 1 aliphatic carbocycles. The van der Waals surface area contributed by atoms with Gasteiger partial charge in [0.2, 0.25) is 5.91 Å². The third-order valence-electron chi connectivity index (χ3n) is 2.66. The van der Waals surface area contributed by atoms with Crippen LogP contribution in [0.25, 0.3) is 0 Å². The summed E-state index contributed by atoms with van der Waals surface area (Å²) in [7, 11) is 0. The number of benzene rings is 1. The van der Waals surface area contributed by atoms with Crippen LogP contribution in [0.15, 0.2) is 12.1 Å². The Morgan fingerprint density at radius 2 is 2.07 bits per heavy atom. The van der Waals surface area contributed by atoms with Crippen molar-refractivity contribution in [2.45, 2.75) is 26.2 Å². The second-order valence-corrected chi connectivity index (χ2v) is 3.81. The highest BCUT2D eigenvalue weighted by Crippen LogP contribution is 2.28. The minimum Gasteiger partial charge on any atom is -0.325 e. The zero-order valence-electron chi connectivity index (χ0n) is 8.63. The summed E-state index contributed by atoms with van der Waals surface area (Å²) in [6, 6.07) is 5.95. The van der Waals surface area contributed by atoms with E-state index in [4.69, 9.17) is 5.26 Å². The number of rotatable bonds is 1. The van der Waals surface area contributed by atoms with Gasteiger partial charge < -0.3 is 5.32 Å². The van der Waals surface area contributed by atoms with Crippen molar-refractivity contribution < 1.29 is 4.79 Å². The van der Waals surface area contributed by atoms with Gasteiger partial charge in [-0.1, -0.05) is 0 Å². The van der Waals surface area contributed by atoms with E-state index in [0.29, 0.717) is 11.3 Å². The van der Waals surface area contributed by atoms with E-state index in [1.165, 1.54) is 18.1 Å². The normalized spacial score (nSPS) is 13.1. The number of carbonyl (C=O) groups excluding carboxylic acids is 1. The zero-order valence-corrected chi connectivity index (χ0v) is 8.63. The van der Waals surface area contributed by atoms with Crippen molar-refractivity contribution in [3.63, 3.8) is 0 Å². The fourth-order valence-corrected chi connectivity index (χ4v) is 2.01. The van der Waals surface area contributed by atoms with Crippen LogP contribution in [0.1, 0.15) is 30.0 Å². The van der Waals surface area contributed by atoms with E-state index in [9.17, 15) is 4.79 Å². The third-order valence-corrected chi connectivity index (χ3v) is 2.66. The van der Waals surface area contributed by atoms with Crippen LogP contribution in [0.4, 0.5) is 5.69 Å². The number of anilines is 1. The first-order valence-electron chi connectivity index (χ1n) is 5.04. The Morgan fingerprint density at radius 1 is 1.40 bits per heavy atom. The highest BCUT2D eigenvalue weighted by molar-refractivity contribution is 5.90. The molecule has 15 heavy (non-hydrogen) atoms. The van der Waals surface area contributed by atoms with E-state index in [-0.39, 0.29) is 5.91 Å². The smallest absolute Gasteiger partial charge is 0.221 e. The van der Waals surface area contributed by atoms with Gasteiger partial charge in [-0.2, -0.15) is 5.26 Å². The van der Waals surface area contributed by atoms with Gasteiger partial charge in [0, 0.05) is 6.92 Å². The van der Waals surface area contributed by atoms with Crippen molar-refractivity contribution >= 4 is 11.6 Å². The van der Waals surface area contributed by atoms with Gasteiger partial charge in [0.25, 0.3) is 0 Å². The molecule has 0 radical (unpaired) electrons. The van der Waals surface area contributed by atoms with Gasteiger partial charge in [0.15, 0.2) is 0 Å². The molecule has 0 aromatic heterocycles. The number of nitrogens with one attached hydrogen (secondary N) is 1. The summed E-state index contributed by atoms with van der Waals surface area (Å²) in [6.07, 6.45) is 3.24. The zero-order chi connectivity index (χ0) is 10.8. The summed E-state index contributed by atoms with van der Waals surface area (Å²) in [6.45, 7) is 1.45. The van der Waals surface area contributed by atoms with Crippen LogP contribution in [-0.2, 0) is 17.6 Å². The lowest BCUT2D eigenvalue weighted by molar-refractivity contribution is -0.114. The van der Waals surface area contributed by atoms with Gasteiger partial charge in [0.1, 0.15) is 6.07 Å². The summed E-state index contributed by atoms with van der Waals surface area (Å²) >= 11 is 0. The molecule has 0 saturated carbocycles. The molecule has 1 amide bonds. The lowest BCUT2D eigenvalue weighted by Crippen LogP contribution is -2.08. The Labute approximate surface area is 88.7 Å². The minimum absolute atomic E-state index is 0.135. The molecule has 0 heterocycles. The molecule has 1 aromatic rings. The average Bonchev–Trinajstić information content (AvgIpc) is 2.62. The number of fused-ring (bicyclic) bond motifs is 1. The van der Waals surface area contributed by atoms with Crippen LogP contribution >= 0.6 is 0 Å². The fraction of sp³-hybridized carbons (Fsp3) is 0.333. The van der Waals surface area contributed by atoms with Gasteiger partial charge in [0.05, 0.1) is 11.3 Å². The van der Waals surface area contributed by atoms with Crippen molar-refractivity contribution in [1.82, 2.24) is 0 Å². The number of nitrogens with zero attached hydrogens (tertiary/aromatic N) is 1. The van der Waals surface area contributed by atoms with Crippen molar-refractivity contribution in [2.75, 3.05) is 5.32 Å². The molecular formula is C12H12N2O. The van der Waals surface area contributed by atoms with E-state index in [1.54, 1.807) is 0 Å². The van der Waals surface area contributed by atoms with Crippen LogP contribution in [-0.4, -0.2) is 5.91 Å². The summed E-state index contributed by atoms with van der Waals surface area (Å²) in [5.74, 6) is -0.135. The van der Waals surface area contributed by atoms with Gasteiger partial charge >= 0.3 is 0 Å². The minimum atomic E-state index is -0.135. The molecule has 1 aliphatic rings. The van der Waals surface area contributed by atoms with Gasteiger partial charge in [-0.15, -0.1) is 0 Å². The molecule has 1 aromatic carbocycles. The van der Waals surface area contributed by atoms with Crippen molar-refractivity contribution in [2.24, 2.45) is 0 Å². The number of hydrogen-bond acceptors (Lipinski definition) is 2. The molecule has 0 spiro atoms. The summed E-state index contributed by atoms with van der Waals surface area (Å²) in [4.78, 5) is 11.0. The van der Waals surface area contributed by atoms with Crippen LogP contribution in [0, 0.1) is 11.3 Å². The Balaban J connectivity index is 2.45. The van der Waals surface area contributed by atoms with Crippen LogP contribution in [0.3, 0.4) is 0 Å². The van der Waals surface area contributed by atoms with Crippen molar-refractivity contribution in [3.8, 4) is 6.07 Å². The highest BCUT2D eigenvalue weighted by atomic mass is 16.1. The Bertz CT molecular complexity index is 457. The highest BCUT2D eigenvalue weighted by Gasteiger charge is 2.14. The fourth-order valence-electron chi connectivity index (χ4n) is 2.01. The largest absolute Gasteiger partial charge is 0.325 e. The standard InChI is InChI=1S/C12H12N2O/c1-8(15)14-12-6-10-4-2-3-9(10)5-11(12)7-13/h5-6H,2-4H2,1H3,(H,14,15). The Morgan fingerprint density at radius 3 is 2.67 bits per heavy atom. The summed E-state index contributed by atoms with van der Waals surface area (Å²) in [5.41, 5.74) is 3.72. The van der Waals surface area contributed by atoms with E-state index in [2.05, 4.69) is 11.4 Å². The molecule has 0 saturated heterocycles. The predicted octanol–water partition coefficient (Wildman–Crippen LogP) is 2.01.